The highest BCUT2D eigenvalue weighted by Crippen LogP contribution is 2.75. The van der Waals surface area contributed by atoms with Crippen LogP contribution in [0.15, 0.2) is 11.6 Å². The Hall–Kier alpha value is -1.68. The summed E-state index contributed by atoms with van der Waals surface area (Å²) >= 11 is 0. The Morgan fingerprint density at radius 2 is 1.43 bits per heavy atom. The number of hydrogen-bond acceptors (Lipinski definition) is 17. The minimum Gasteiger partial charge on any atom is -0.467 e. The summed E-state index contributed by atoms with van der Waals surface area (Å²) in [7, 11) is 1.11. The van der Waals surface area contributed by atoms with Gasteiger partial charge in [0, 0.05) is 17.3 Å². The number of Topliss-reactive ketones (excluding diaryl/α,β-unsaturated/α-hetero) is 1. The Kier molecular flexibility index (Phi) is 13.3. The smallest absolute Gasteiger partial charge is 0.337 e. The van der Waals surface area contributed by atoms with E-state index in [1.807, 2.05) is 6.92 Å². The van der Waals surface area contributed by atoms with Crippen LogP contribution in [0.2, 0.25) is 0 Å². The largest absolute Gasteiger partial charge is 0.467 e. The number of hydrogen-bond donors (Lipinski definition) is 8. The SMILES string of the molecule is COC(=O)[C@H]1O[C@@H](O[C@H]2CC[C@@]3(C)[C@@H](CC[C@]4(C)[C@@H]3CC=C3[C@@H]5CC(C)(C)CC(=O)[C@]5(C)CC[C@]34C)[C@@]2(C)CO)[C@H](O[C@@H]2OC[C@@H](O)[C@H](O)[C@H]2O[C@@H]2O[C@@H](C)[C@H](O)[C@@H](O)[C@H]2O)[C@@H](O)[C@@H]1O. The van der Waals surface area contributed by atoms with E-state index < -0.39 is 110 Å². The van der Waals surface area contributed by atoms with E-state index in [1.54, 1.807) is 0 Å². The van der Waals surface area contributed by atoms with Crippen LogP contribution in [-0.2, 0) is 42.7 Å². The van der Waals surface area contributed by atoms with Crippen LogP contribution in [0.5, 0.6) is 0 Å². The molecule has 0 bridgehead atoms. The van der Waals surface area contributed by atoms with Crippen LogP contribution >= 0.6 is 0 Å². The van der Waals surface area contributed by atoms with Gasteiger partial charge in [-0.1, -0.05) is 60.1 Å². The quantitative estimate of drug-likeness (QED) is 0.0978. The van der Waals surface area contributed by atoms with Crippen LogP contribution in [0.4, 0.5) is 0 Å². The second-order valence-electron chi connectivity index (χ2n) is 23.1. The number of allylic oxidation sites excluding steroid dienone is 2. The van der Waals surface area contributed by atoms with E-state index in [2.05, 4.69) is 47.6 Å². The molecule has 3 heterocycles. The summed E-state index contributed by atoms with van der Waals surface area (Å²) in [5.41, 5.74) is -0.265. The average Bonchev–Trinajstić information content (AvgIpc) is 3.25. The summed E-state index contributed by atoms with van der Waals surface area (Å²) in [5.74, 6) is -0.171. The van der Waals surface area contributed by atoms with Crippen molar-refractivity contribution in [2.24, 2.45) is 50.2 Å². The molecule has 0 radical (unpaired) electrons. The van der Waals surface area contributed by atoms with Gasteiger partial charge in [-0.3, -0.25) is 4.79 Å². The maximum absolute atomic E-state index is 13.8. The standard InChI is InChI=1S/C48H76O17/c1-22-30(52)32(54)35(57)40(61-22)64-37-31(53)25(50)20-60-41(37)65-38-34(56)33(55)36(39(58)59-9)63-42(38)62-29-13-14-45(5)26(46(29,6)21-49)12-15-48(8)27(45)11-10-23-24-18-43(2,3)19-28(51)44(24,4)16-17-47(23,48)7/h10,22,24-27,29-38,40-42,49-50,52-57H,11-21H2,1-9H3/t22-,24-,25+,26+,27+,29-,30-,31-,32+,33-,34-,35+,36-,37+,38+,40-,41-,42+,44+,45-,46+,47+,48+/m0/s1. The molecule has 8 aliphatic rings. The van der Waals surface area contributed by atoms with E-state index in [4.69, 9.17) is 33.2 Å². The number of carbonyl (C=O) groups is 2. The average molecular weight is 925 g/mol. The number of aliphatic hydroxyl groups excluding tert-OH is 8. The van der Waals surface area contributed by atoms with Gasteiger partial charge < -0.3 is 74.0 Å². The van der Waals surface area contributed by atoms with E-state index in [0.29, 0.717) is 18.6 Å². The number of ketones is 1. The van der Waals surface area contributed by atoms with Crippen LogP contribution in [0, 0.1) is 50.2 Å². The van der Waals surface area contributed by atoms with Gasteiger partial charge in [0.05, 0.1) is 32.5 Å². The first-order valence-corrected chi connectivity index (χ1v) is 23.9. The highest BCUT2D eigenvalue weighted by atomic mass is 16.8. The van der Waals surface area contributed by atoms with Gasteiger partial charge in [-0.05, 0) is 97.7 Å². The molecule has 0 aromatic carbocycles. The Balaban J connectivity index is 1.07. The minimum absolute atomic E-state index is 0.0384. The third kappa shape index (κ3) is 7.73. The number of ether oxygens (including phenoxy) is 7. The summed E-state index contributed by atoms with van der Waals surface area (Å²) < 4.78 is 41.4. The Bertz CT molecular complexity index is 1830. The third-order valence-electron chi connectivity index (χ3n) is 19.0. The molecule has 65 heavy (non-hydrogen) atoms. The van der Waals surface area contributed by atoms with Crippen molar-refractivity contribution < 1.29 is 83.6 Å². The van der Waals surface area contributed by atoms with Gasteiger partial charge in [-0.25, -0.2) is 4.79 Å². The van der Waals surface area contributed by atoms with Crippen LogP contribution < -0.4 is 0 Å². The molecule has 0 amide bonds. The van der Waals surface area contributed by atoms with Crippen molar-refractivity contribution in [2.75, 3.05) is 20.3 Å². The van der Waals surface area contributed by atoms with Crippen molar-refractivity contribution in [1.29, 1.82) is 0 Å². The van der Waals surface area contributed by atoms with Gasteiger partial charge in [0.2, 0.25) is 0 Å². The predicted molar refractivity (Wildman–Crippen MR) is 228 cm³/mol. The molecule has 8 N–H and O–H groups in total. The number of esters is 1. The molecular formula is C48H76O17. The van der Waals surface area contributed by atoms with Gasteiger partial charge in [-0.2, -0.15) is 0 Å². The van der Waals surface area contributed by atoms with Crippen molar-refractivity contribution in [1.82, 2.24) is 0 Å². The van der Waals surface area contributed by atoms with Crippen LogP contribution in [-0.4, -0.2) is 165 Å². The molecule has 8 rings (SSSR count). The highest BCUT2D eigenvalue weighted by Gasteiger charge is 2.70. The van der Waals surface area contributed by atoms with Crippen molar-refractivity contribution in [2.45, 2.75) is 205 Å². The second kappa shape index (κ2) is 17.3. The maximum atomic E-state index is 13.8. The highest BCUT2D eigenvalue weighted by molar-refractivity contribution is 5.87. The summed E-state index contributed by atoms with van der Waals surface area (Å²) in [4.78, 5) is 26.8. The zero-order valence-corrected chi connectivity index (χ0v) is 39.5. The molecule has 7 fully saturated rings. The van der Waals surface area contributed by atoms with E-state index >= 15 is 0 Å². The van der Waals surface area contributed by atoms with Crippen molar-refractivity contribution in [3.63, 3.8) is 0 Å². The van der Waals surface area contributed by atoms with Gasteiger partial charge >= 0.3 is 5.97 Å². The molecule has 3 saturated heterocycles. The molecule has 0 unspecified atom stereocenters. The summed E-state index contributed by atoms with van der Waals surface area (Å²) in [5, 5.41) is 87.7. The Morgan fingerprint density at radius 3 is 2.11 bits per heavy atom. The number of methoxy groups -OCH3 is 1. The topological polar surface area (TPSA) is 261 Å². The molecule has 17 heteroatoms. The molecule has 3 aliphatic heterocycles. The van der Waals surface area contributed by atoms with E-state index in [9.17, 15) is 50.4 Å². The second-order valence-corrected chi connectivity index (χ2v) is 23.1. The fraction of sp³-hybridized carbons (Fsp3) is 0.917. The summed E-state index contributed by atoms with van der Waals surface area (Å²) in [6.45, 7) is 16.7. The number of carbonyl (C=O) groups excluding carboxylic acids is 2. The molecule has 4 saturated carbocycles. The lowest BCUT2D eigenvalue weighted by Gasteiger charge is -2.71. The lowest BCUT2D eigenvalue weighted by molar-refractivity contribution is -0.387. The lowest BCUT2D eigenvalue weighted by atomic mass is 9.33. The Morgan fingerprint density at radius 1 is 0.754 bits per heavy atom. The number of fused-ring (bicyclic) bond motifs is 7. The number of aliphatic hydroxyl groups is 8. The molecule has 0 spiro atoms. The van der Waals surface area contributed by atoms with E-state index in [0.717, 1.165) is 52.1 Å². The zero-order valence-electron chi connectivity index (χ0n) is 39.5. The number of rotatable bonds is 8. The molecular weight excluding hydrogens is 849 g/mol. The molecule has 0 aromatic rings. The molecule has 23 atom stereocenters. The molecule has 370 valence electrons. The third-order valence-corrected chi connectivity index (χ3v) is 19.0. The van der Waals surface area contributed by atoms with Crippen LogP contribution in [0.3, 0.4) is 0 Å². The van der Waals surface area contributed by atoms with Gasteiger partial charge in [0.25, 0.3) is 0 Å². The van der Waals surface area contributed by atoms with Gasteiger partial charge in [0.15, 0.2) is 25.0 Å². The predicted octanol–water partition coefficient (Wildman–Crippen LogP) is 1.64. The van der Waals surface area contributed by atoms with Gasteiger partial charge in [0.1, 0.15) is 60.7 Å². The van der Waals surface area contributed by atoms with Crippen LogP contribution in [0.25, 0.3) is 0 Å². The van der Waals surface area contributed by atoms with Crippen LogP contribution in [0.1, 0.15) is 113 Å². The van der Waals surface area contributed by atoms with Crippen molar-refractivity contribution in [3.05, 3.63) is 11.6 Å². The first kappa shape index (κ1) is 49.7. The Labute approximate surface area is 382 Å². The summed E-state index contributed by atoms with van der Waals surface area (Å²) in [6, 6.07) is 0. The van der Waals surface area contributed by atoms with Crippen molar-refractivity contribution in [3.8, 4) is 0 Å². The molecule has 17 nitrogen and oxygen atoms in total. The minimum atomic E-state index is -1.89. The molecule has 0 aromatic heterocycles. The lowest BCUT2D eigenvalue weighted by Crippen LogP contribution is -2.68. The maximum Gasteiger partial charge on any atom is 0.337 e. The normalized spacial score (nSPS) is 54.3. The molecule has 5 aliphatic carbocycles. The fourth-order valence-corrected chi connectivity index (χ4v) is 14.7. The first-order valence-electron chi connectivity index (χ1n) is 23.9. The monoisotopic (exact) mass is 925 g/mol. The van der Waals surface area contributed by atoms with E-state index in [1.165, 1.54) is 12.5 Å². The first-order chi connectivity index (χ1) is 30.3. The van der Waals surface area contributed by atoms with Gasteiger partial charge in [-0.15, -0.1) is 0 Å². The fourth-order valence-electron chi connectivity index (χ4n) is 14.7. The zero-order chi connectivity index (χ0) is 47.6. The summed E-state index contributed by atoms with van der Waals surface area (Å²) in [6.07, 6.45) is -13.8. The van der Waals surface area contributed by atoms with Crippen molar-refractivity contribution >= 4 is 11.8 Å². The van der Waals surface area contributed by atoms with E-state index in [-0.39, 0.29) is 51.4 Å².